The maximum Gasteiger partial charge on any atom is 0.260 e. The predicted molar refractivity (Wildman–Crippen MR) is 77.5 cm³/mol. The van der Waals surface area contributed by atoms with Crippen molar-refractivity contribution >= 4 is 27.7 Å². The number of pyridine rings is 1. The van der Waals surface area contributed by atoms with Crippen LogP contribution in [0.25, 0.3) is 0 Å². The van der Waals surface area contributed by atoms with Gasteiger partial charge in [-0.15, -0.1) is 0 Å². The van der Waals surface area contributed by atoms with E-state index in [4.69, 9.17) is 4.42 Å². The minimum Gasteiger partial charge on any atom is -0.466 e. The van der Waals surface area contributed by atoms with E-state index in [0.29, 0.717) is 17.1 Å². The van der Waals surface area contributed by atoms with Gasteiger partial charge in [0, 0.05) is 16.2 Å². The van der Waals surface area contributed by atoms with Gasteiger partial charge in [-0.25, -0.2) is 4.98 Å². The second kappa shape index (κ2) is 5.17. The first kappa shape index (κ1) is 13.8. The van der Waals surface area contributed by atoms with Gasteiger partial charge in [-0.2, -0.15) is 0 Å². The molecule has 19 heavy (non-hydrogen) atoms. The topological polar surface area (TPSA) is 55.1 Å². The smallest absolute Gasteiger partial charge is 0.260 e. The number of aromatic nitrogens is 1. The number of rotatable bonds is 2. The summed E-state index contributed by atoms with van der Waals surface area (Å²) in [4.78, 5) is 16.5. The highest BCUT2D eigenvalue weighted by Crippen LogP contribution is 2.23. The van der Waals surface area contributed by atoms with Crippen LogP contribution in [0.2, 0.25) is 0 Å². The molecule has 2 rings (SSSR count). The van der Waals surface area contributed by atoms with Crippen molar-refractivity contribution in [2.75, 3.05) is 5.32 Å². The average Bonchev–Trinajstić information content (AvgIpc) is 2.57. The summed E-state index contributed by atoms with van der Waals surface area (Å²) in [6.45, 7) is 7.41. The van der Waals surface area contributed by atoms with Crippen LogP contribution in [0.15, 0.2) is 21.2 Å². The summed E-state index contributed by atoms with van der Waals surface area (Å²) in [6.07, 6.45) is 1.66. The van der Waals surface area contributed by atoms with Gasteiger partial charge >= 0.3 is 0 Å². The molecule has 0 aliphatic rings. The molecule has 0 aliphatic heterocycles. The lowest BCUT2D eigenvalue weighted by molar-refractivity contribution is 0.102. The Bertz CT molecular complexity index is 647. The van der Waals surface area contributed by atoms with Crippen LogP contribution < -0.4 is 5.32 Å². The highest BCUT2D eigenvalue weighted by Gasteiger charge is 2.19. The molecule has 0 spiro atoms. The lowest BCUT2D eigenvalue weighted by atomic mass is 10.1. The number of furan rings is 1. The van der Waals surface area contributed by atoms with Crippen molar-refractivity contribution in [3.63, 3.8) is 0 Å². The largest absolute Gasteiger partial charge is 0.466 e. The minimum absolute atomic E-state index is 0.190. The summed E-state index contributed by atoms with van der Waals surface area (Å²) in [6, 6.07) is 1.91. The van der Waals surface area contributed by atoms with Gasteiger partial charge in [-0.3, -0.25) is 4.79 Å². The molecule has 2 aromatic rings. The first-order valence-electron chi connectivity index (χ1n) is 5.90. The molecule has 0 aromatic carbocycles. The quantitative estimate of drug-likeness (QED) is 0.911. The standard InChI is InChI=1S/C14H15BrN2O2/c1-7-5-11(15)6-16-13(7)17-14(18)12-8(2)9(3)19-10(12)4/h5-6H,1-4H3,(H,16,17,18). The number of carbonyl (C=O) groups excluding carboxylic acids is 1. The number of hydrogen-bond donors (Lipinski definition) is 1. The second-order valence-corrected chi connectivity index (χ2v) is 5.40. The Morgan fingerprint density at radius 2 is 1.95 bits per heavy atom. The molecule has 1 N–H and O–H groups in total. The fraction of sp³-hybridized carbons (Fsp3) is 0.286. The van der Waals surface area contributed by atoms with Crippen molar-refractivity contribution in [1.29, 1.82) is 0 Å². The van der Waals surface area contributed by atoms with Crippen molar-refractivity contribution in [2.45, 2.75) is 27.7 Å². The van der Waals surface area contributed by atoms with E-state index in [9.17, 15) is 4.79 Å². The fourth-order valence-corrected chi connectivity index (χ4v) is 2.41. The van der Waals surface area contributed by atoms with E-state index in [1.807, 2.05) is 26.8 Å². The van der Waals surface area contributed by atoms with Crippen molar-refractivity contribution in [3.05, 3.63) is 44.9 Å². The van der Waals surface area contributed by atoms with Crippen LogP contribution in [0, 0.1) is 27.7 Å². The maximum absolute atomic E-state index is 12.3. The summed E-state index contributed by atoms with van der Waals surface area (Å²) in [5, 5.41) is 2.82. The zero-order valence-corrected chi connectivity index (χ0v) is 12.9. The van der Waals surface area contributed by atoms with E-state index in [-0.39, 0.29) is 5.91 Å². The summed E-state index contributed by atoms with van der Waals surface area (Å²) in [5.41, 5.74) is 2.35. The molecule has 0 fully saturated rings. The molecule has 0 bridgehead atoms. The SMILES string of the molecule is Cc1cc(Br)cnc1NC(=O)c1c(C)oc(C)c1C. The molecule has 2 aromatic heterocycles. The first-order chi connectivity index (χ1) is 8.90. The van der Waals surface area contributed by atoms with Crippen LogP contribution in [-0.2, 0) is 0 Å². The van der Waals surface area contributed by atoms with E-state index in [1.54, 1.807) is 13.1 Å². The molecule has 0 saturated carbocycles. The fourth-order valence-electron chi connectivity index (χ4n) is 1.97. The lowest BCUT2D eigenvalue weighted by Gasteiger charge is -2.07. The number of amides is 1. The van der Waals surface area contributed by atoms with Gasteiger partial charge in [0.15, 0.2) is 0 Å². The highest BCUT2D eigenvalue weighted by molar-refractivity contribution is 9.10. The first-order valence-corrected chi connectivity index (χ1v) is 6.69. The lowest BCUT2D eigenvalue weighted by Crippen LogP contribution is -2.15. The van der Waals surface area contributed by atoms with Gasteiger partial charge in [0.1, 0.15) is 17.3 Å². The monoisotopic (exact) mass is 322 g/mol. The van der Waals surface area contributed by atoms with Gasteiger partial charge in [0.25, 0.3) is 5.91 Å². The number of hydrogen-bond acceptors (Lipinski definition) is 3. The molecule has 5 heteroatoms. The predicted octanol–water partition coefficient (Wildman–Crippen LogP) is 3.92. The second-order valence-electron chi connectivity index (χ2n) is 4.49. The van der Waals surface area contributed by atoms with Gasteiger partial charge in [-0.1, -0.05) is 0 Å². The number of carbonyl (C=O) groups is 1. The van der Waals surface area contributed by atoms with Crippen LogP contribution in [0.3, 0.4) is 0 Å². The van der Waals surface area contributed by atoms with E-state index >= 15 is 0 Å². The summed E-state index contributed by atoms with van der Waals surface area (Å²) < 4.78 is 6.35. The van der Waals surface area contributed by atoms with Crippen molar-refractivity contribution < 1.29 is 9.21 Å². The van der Waals surface area contributed by atoms with Crippen LogP contribution in [0.1, 0.15) is 33.0 Å². The van der Waals surface area contributed by atoms with Gasteiger partial charge < -0.3 is 9.73 Å². The number of anilines is 1. The van der Waals surface area contributed by atoms with Crippen LogP contribution in [0.4, 0.5) is 5.82 Å². The molecule has 1 amide bonds. The molecule has 0 radical (unpaired) electrons. The Hall–Kier alpha value is -1.62. The number of halogens is 1. The Morgan fingerprint density at radius 1 is 1.26 bits per heavy atom. The minimum atomic E-state index is -0.190. The van der Waals surface area contributed by atoms with Gasteiger partial charge in [0.2, 0.25) is 0 Å². The summed E-state index contributed by atoms with van der Waals surface area (Å²) >= 11 is 3.34. The normalized spacial score (nSPS) is 10.6. The zero-order chi connectivity index (χ0) is 14.2. The molecule has 4 nitrogen and oxygen atoms in total. The Morgan fingerprint density at radius 3 is 2.47 bits per heavy atom. The summed E-state index contributed by atoms with van der Waals surface area (Å²) in [5.74, 6) is 1.76. The van der Waals surface area contributed by atoms with E-state index in [1.165, 1.54) is 0 Å². The maximum atomic E-state index is 12.3. The molecule has 0 saturated heterocycles. The highest BCUT2D eigenvalue weighted by atomic mass is 79.9. The molecule has 0 aliphatic carbocycles. The third kappa shape index (κ3) is 2.71. The molecule has 2 heterocycles. The Balaban J connectivity index is 2.31. The Kier molecular flexibility index (Phi) is 3.75. The molecular weight excluding hydrogens is 308 g/mol. The van der Waals surface area contributed by atoms with E-state index < -0.39 is 0 Å². The van der Waals surface area contributed by atoms with E-state index in [2.05, 4.69) is 26.2 Å². The zero-order valence-electron chi connectivity index (χ0n) is 11.3. The van der Waals surface area contributed by atoms with Gasteiger partial charge in [0.05, 0.1) is 5.56 Å². The van der Waals surface area contributed by atoms with Crippen LogP contribution in [0.5, 0.6) is 0 Å². The number of nitrogens with one attached hydrogen (secondary N) is 1. The average molecular weight is 323 g/mol. The molecule has 100 valence electrons. The van der Waals surface area contributed by atoms with Crippen LogP contribution >= 0.6 is 15.9 Å². The third-order valence-corrected chi connectivity index (χ3v) is 3.50. The third-order valence-electron chi connectivity index (χ3n) is 3.07. The van der Waals surface area contributed by atoms with Gasteiger partial charge in [-0.05, 0) is 55.3 Å². The number of aryl methyl sites for hydroxylation is 3. The molecular formula is C14H15BrN2O2. The van der Waals surface area contributed by atoms with E-state index in [0.717, 1.165) is 21.4 Å². The Labute approximate surface area is 120 Å². The molecule has 0 unspecified atom stereocenters. The summed E-state index contributed by atoms with van der Waals surface area (Å²) in [7, 11) is 0. The van der Waals surface area contributed by atoms with Crippen molar-refractivity contribution in [2.24, 2.45) is 0 Å². The molecule has 0 atom stereocenters. The van der Waals surface area contributed by atoms with Crippen molar-refractivity contribution in [3.8, 4) is 0 Å². The van der Waals surface area contributed by atoms with Crippen molar-refractivity contribution in [1.82, 2.24) is 4.98 Å². The number of nitrogens with zero attached hydrogens (tertiary/aromatic N) is 1. The van der Waals surface area contributed by atoms with Crippen LogP contribution in [-0.4, -0.2) is 10.9 Å².